The van der Waals surface area contributed by atoms with E-state index in [2.05, 4.69) is 0 Å². The van der Waals surface area contributed by atoms with Gasteiger partial charge in [0.05, 0.1) is 19.8 Å². The molecular formula is C19H21NO6S2. The predicted molar refractivity (Wildman–Crippen MR) is 107 cm³/mol. The first-order valence-corrected chi connectivity index (χ1v) is 10.9. The number of sulfonamides is 1. The molecule has 0 radical (unpaired) electrons. The van der Waals surface area contributed by atoms with Crippen LogP contribution >= 0.6 is 11.3 Å². The van der Waals surface area contributed by atoms with Gasteiger partial charge in [0.15, 0.2) is 0 Å². The summed E-state index contributed by atoms with van der Waals surface area (Å²) < 4.78 is 37.4. The number of rotatable bonds is 7. The third kappa shape index (κ3) is 4.21. The first kappa shape index (κ1) is 20.4. The van der Waals surface area contributed by atoms with E-state index in [1.54, 1.807) is 18.2 Å². The van der Waals surface area contributed by atoms with Crippen LogP contribution in [0, 0.1) is 0 Å². The van der Waals surface area contributed by atoms with Gasteiger partial charge < -0.3 is 14.6 Å². The number of nitrogens with zero attached hydrogens (tertiary/aromatic N) is 1. The molecule has 0 atom stereocenters. The monoisotopic (exact) mass is 423 g/mol. The Labute approximate surface area is 167 Å². The van der Waals surface area contributed by atoms with Gasteiger partial charge in [0.1, 0.15) is 15.7 Å². The number of ether oxygens (including phenoxy) is 2. The van der Waals surface area contributed by atoms with Crippen LogP contribution in [0.1, 0.15) is 23.3 Å². The van der Waals surface area contributed by atoms with E-state index in [1.807, 2.05) is 0 Å². The smallest absolute Gasteiger partial charge is 0.337 e. The molecule has 0 amide bonds. The molecule has 0 aliphatic carbocycles. The number of benzene rings is 1. The molecule has 2 aromatic rings. The van der Waals surface area contributed by atoms with Gasteiger partial charge in [-0.25, -0.2) is 13.2 Å². The Hall–Kier alpha value is -2.36. The molecule has 1 saturated heterocycles. The summed E-state index contributed by atoms with van der Waals surface area (Å²) in [7, 11) is -0.561. The van der Waals surface area contributed by atoms with Crippen LogP contribution < -0.4 is 9.47 Å². The zero-order valence-corrected chi connectivity index (χ0v) is 17.2. The number of carboxylic acids is 1. The molecule has 9 heteroatoms. The van der Waals surface area contributed by atoms with E-state index in [4.69, 9.17) is 9.47 Å². The van der Waals surface area contributed by atoms with Crippen LogP contribution in [0.15, 0.2) is 34.5 Å². The summed E-state index contributed by atoms with van der Waals surface area (Å²) in [6.07, 6.45) is 3.16. The Balaban J connectivity index is 1.99. The molecular weight excluding hydrogens is 402 g/mol. The van der Waals surface area contributed by atoms with Crippen LogP contribution in [0.25, 0.3) is 11.6 Å². The van der Waals surface area contributed by atoms with Crippen LogP contribution in [-0.2, 0) is 14.8 Å². The lowest BCUT2D eigenvalue weighted by molar-refractivity contribution is -0.130. The number of carbonyl (C=O) groups is 1. The molecule has 1 aromatic carbocycles. The predicted octanol–water partition coefficient (Wildman–Crippen LogP) is 3.18. The van der Waals surface area contributed by atoms with Gasteiger partial charge in [0.2, 0.25) is 0 Å². The van der Waals surface area contributed by atoms with E-state index in [0.29, 0.717) is 35.0 Å². The highest BCUT2D eigenvalue weighted by molar-refractivity contribution is 7.91. The van der Waals surface area contributed by atoms with Crippen molar-refractivity contribution in [3.63, 3.8) is 0 Å². The maximum Gasteiger partial charge on any atom is 0.337 e. The Bertz CT molecular complexity index is 981. The molecule has 150 valence electrons. The molecule has 1 aliphatic rings. The molecule has 0 spiro atoms. The van der Waals surface area contributed by atoms with Gasteiger partial charge in [0, 0.05) is 24.0 Å². The summed E-state index contributed by atoms with van der Waals surface area (Å²) in [5.41, 5.74) is 0.578. The third-order valence-corrected chi connectivity index (χ3v) is 7.91. The lowest BCUT2D eigenvalue weighted by Gasteiger charge is -2.13. The molecule has 28 heavy (non-hydrogen) atoms. The largest absolute Gasteiger partial charge is 0.497 e. The van der Waals surface area contributed by atoms with Gasteiger partial charge in [0.25, 0.3) is 10.0 Å². The van der Waals surface area contributed by atoms with Gasteiger partial charge in [-0.15, -0.1) is 11.3 Å². The maximum absolute atomic E-state index is 12.7. The van der Waals surface area contributed by atoms with Crippen LogP contribution in [0.2, 0.25) is 0 Å². The number of hydrogen-bond acceptors (Lipinski definition) is 6. The Kier molecular flexibility index (Phi) is 6.07. The van der Waals surface area contributed by atoms with Crippen molar-refractivity contribution < 1.29 is 27.8 Å². The highest BCUT2D eigenvalue weighted by Gasteiger charge is 2.29. The number of thiophene rings is 1. The van der Waals surface area contributed by atoms with Crippen LogP contribution in [0.5, 0.6) is 11.5 Å². The first-order chi connectivity index (χ1) is 13.3. The van der Waals surface area contributed by atoms with Gasteiger partial charge in [-0.1, -0.05) is 0 Å². The minimum Gasteiger partial charge on any atom is -0.497 e. The lowest BCUT2D eigenvalue weighted by atomic mass is 10.1. The molecule has 3 rings (SSSR count). The topological polar surface area (TPSA) is 93.1 Å². The van der Waals surface area contributed by atoms with Crippen molar-refractivity contribution in [2.24, 2.45) is 0 Å². The zero-order valence-electron chi connectivity index (χ0n) is 15.5. The summed E-state index contributed by atoms with van der Waals surface area (Å²) in [5.74, 6) is -0.0913. The van der Waals surface area contributed by atoms with E-state index < -0.39 is 16.0 Å². The second kappa shape index (κ2) is 8.34. The average Bonchev–Trinajstić information content (AvgIpc) is 3.37. The highest BCUT2D eigenvalue weighted by Crippen LogP contribution is 2.33. The Morgan fingerprint density at radius 2 is 1.71 bits per heavy atom. The van der Waals surface area contributed by atoms with Crippen LogP contribution in [-0.4, -0.2) is 51.1 Å². The Morgan fingerprint density at radius 1 is 1.11 bits per heavy atom. The van der Waals surface area contributed by atoms with Crippen molar-refractivity contribution in [1.29, 1.82) is 0 Å². The Morgan fingerprint density at radius 3 is 2.25 bits per heavy atom. The summed E-state index contributed by atoms with van der Waals surface area (Å²) in [6, 6.07) is 8.05. The number of hydrogen-bond donors (Lipinski definition) is 1. The van der Waals surface area contributed by atoms with E-state index in [-0.39, 0.29) is 9.78 Å². The van der Waals surface area contributed by atoms with E-state index in [1.165, 1.54) is 36.7 Å². The highest BCUT2D eigenvalue weighted by atomic mass is 32.2. The van der Waals surface area contributed by atoms with Gasteiger partial charge >= 0.3 is 5.97 Å². The average molecular weight is 424 g/mol. The van der Waals surface area contributed by atoms with Crippen molar-refractivity contribution >= 4 is 39.0 Å². The molecule has 1 fully saturated rings. The first-order valence-electron chi connectivity index (χ1n) is 8.63. The second-order valence-electron chi connectivity index (χ2n) is 6.24. The molecule has 1 aliphatic heterocycles. The summed E-state index contributed by atoms with van der Waals surface area (Å²) in [5, 5.41) is 9.68. The van der Waals surface area contributed by atoms with Gasteiger partial charge in [-0.05, 0) is 48.7 Å². The van der Waals surface area contributed by atoms with Crippen LogP contribution in [0.4, 0.5) is 0 Å². The van der Waals surface area contributed by atoms with Crippen molar-refractivity contribution in [2.45, 2.75) is 17.1 Å². The SMILES string of the molecule is COc1cc(/C=C(\C(=O)O)c2ccc(S(=O)(=O)N3CCCC3)s2)cc(OC)c1. The summed E-state index contributed by atoms with van der Waals surface area (Å²) in [6.45, 7) is 1.00. The van der Waals surface area contributed by atoms with Crippen molar-refractivity contribution in [3.8, 4) is 11.5 Å². The van der Waals surface area contributed by atoms with E-state index in [9.17, 15) is 18.3 Å². The fourth-order valence-corrected chi connectivity index (χ4v) is 5.96. The normalized spacial score (nSPS) is 15.6. The molecule has 1 aromatic heterocycles. The molecule has 2 heterocycles. The standard InChI is InChI=1S/C19H21NO6S2/c1-25-14-9-13(10-15(12-14)26-2)11-16(19(21)22)17-5-6-18(27-17)28(23,24)20-7-3-4-8-20/h5-6,9-12H,3-4,7-8H2,1-2H3,(H,21,22)/b16-11-. The van der Waals surface area contributed by atoms with Crippen molar-refractivity contribution in [3.05, 3.63) is 40.8 Å². The molecule has 0 unspecified atom stereocenters. The molecule has 0 saturated carbocycles. The van der Waals surface area contributed by atoms with Crippen molar-refractivity contribution in [2.75, 3.05) is 27.3 Å². The fourth-order valence-electron chi connectivity index (χ4n) is 2.98. The lowest BCUT2D eigenvalue weighted by Crippen LogP contribution is -2.27. The molecule has 1 N–H and O–H groups in total. The van der Waals surface area contributed by atoms with Gasteiger partial charge in [-0.2, -0.15) is 4.31 Å². The van der Waals surface area contributed by atoms with Crippen molar-refractivity contribution in [1.82, 2.24) is 4.31 Å². The zero-order chi connectivity index (χ0) is 20.3. The molecule has 0 bridgehead atoms. The second-order valence-corrected chi connectivity index (χ2v) is 9.49. The summed E-state index contributed by atoms with van der Waals surface area (Å²) in [4.78, 5) is 12.2. The summed E-state index contributed by atoms with van der Waals surface area (Å²) >= 11 is 0.961. The number of aliphatic carboxylic acids is 1. The number of carboxylic acid groups (broad SMARTS) is 1. The quantitative estimate of drug-likeness (QED) is 0.688. The van der Waals surface area contributed by atoms with E-state index >= 15 is 0 Å². The minimum atomic E-state index is -3.58. The number of methoxy groups -OCH3 is 2. The van der Waals surface area contributed by atoms with Crippen LogP contribution in [0.3, 0.4) is 0 Å². The molecule has 7 nitrogen and oxygen atoms in total. The van der Waals surface area contributed by atoms with E-state index in [0.717, 1.165) is 24.2 Å². The minimum absolute atomic E-state index is 0.00294. The van der Waals surface area contributed by atoms with Gasteiger partial charge in [-0.3, -0.25) is 0 Å². The third-order valence-electron chi connectivity index (χ3n) is 4.42. The fraction of sp³-hybridized carbons (Fsp3) is 0.316. The maximum atomic E-state index is 12.7.